The van der Waals surface area contributed by atoms with Crippen molar-refractivity contribution < 1.29 is 4.79 Å². The summed E-state index contributed by atoms with van der Waals surface area (Å²) in [6.07, 6.45) is 8.63. The van der Waals surface area contributed by atoms with Crippen LogP contribution in [-0.2, 0) is 13.5 Å². The topological polar surface area (TPSA) is 63.1 Å². The Hall–Kier alpha value is -2.67. The van der Waals surface area contributed by atoms with Crippen LogP contribution in [0.1, 0.15) is 18.7 Å². The molecular weight excluding hydrogens is 358 g/mol. The molecule has 1 fully saturated rings. The number of benzene rings is 1. The molecule has 1 aliphatic heterocycles. The summed E-state index contributed by atoms with van der Waals surface area (Å²) in [7, 11) is 2.03. The molecule has 3 heterocycles. The largest absolute Gasteiger partial charge is 0.338 e. The van der Waals surface area contributed by atoms with Crippen LogP contribution in [0.4, 0.5) is 10.5 Å². The van der Waals surface area contributed by atoms with Gasteiger partial charge in [-0.2, -0.15) is 0 Å². The summed E-state index contributed by atoms with van der Waals surface area (Å²) in [4.78, 5) is 23.3. The molecule has 0 unspecified atom stereocenters. The fraction of sp³-hybridized carbons (Fsp3) is 0.350. The van der Waals surface area contributed by atoms with E-state index in [0.29, 0.717) is 5.92 Å². The van der Waals surface area contributed by atoms with Gasteiger partial charge in [0, 0.05) is 61.8 Å². The molecule has 0 saturated carbocycles. The van der Waals surface area contributed by atoms with Crippen molar-refractivity contribution in [2.75, 3.05) is 18.4 Å². The Bertz CT molecular complexity index is 897. The Morgan fingerprint density at radius 1 is 1.26 bits per heavy atom. The van der Waals surface area contributed by atoms with Gasteiger partial charge in [0.1, 0.15) is 10.8 Å². The maximum atomic E-state index is 12.6. The lowest BCUT2D eigenvalue weighted by molar-refractivity contribution is 0.181. The van der Waals surface area contributed by atoms with Crippen molar-refractivity contribution >= 4 is 23.1 Å². The van der Waals surface area contributed by atoms with Crippen molar-refractivity contribution in [3.05, 3.63) is 54.1 Å². The molecule has 2 amide bonds. The highest BCUT2D eigenvalue weighted by atomic mass is 32.1. The predicted octanol–water partition coefficient (Wildman–Crippen LogP) is 4.03. The zero-order valence-corrected chi connectivity index (χ0v) is 16.2. The number of nitrogens with one attached hydrogen (secondary N) is 1. The summed E-state index contributed by atoms with van der Waals surface area (Å²) in [5, 5.41) is 5.94. The number of rotatable bonds is 4. The maximum absolute atomic E-state index is 12.6. The van der Waals surface area contributed by atoms with E-state index in [1.54, 1.807) is 17.5 Å². The molecule has 7 heteroatoms. The van der Waals surface area contributed by atoms with Gasteiger partial charge in [0.25, 0.3) is 0 Å². The number of piperidine rings is 1. The van der Waals surface area contributed by atoms with E-state index in [-0.39, 0.29) is 6.03 Å². The van der Waals surface area contributed by atoms with Gasteiger partial charge < -0.3 is 14.8 Å². The van der Waals surface area contributed by atoms with Crippen molar-refractivity contribution in [1.82, 2.24) is 19.4 Å². The second kappa shape index (κ2) is 7.92. The standard InChI is InChI=1S/C20H23N5OS/c1-24-11-7-21-18(24)13-15-5-9-25(10-6-15)20(26)23-17-4-2-3-16(14-17)19-22-8-12-27-19/h2-4,7-8,11-12,14-15H,5-6,9-10,13H2,1H3,(H,23,26). The van der Waals surface area contributed by atoms with E-state index < -0.39 is 0 Å². The second-order valence-electron chi connectivity index (χ2n) is 6.94. The van der Waals surface area contributed by atoms with Gasteiger partial charge in [-0.3, -0.25) is 0 Å². The number of hydrogen-bond acceptors (Lipinski definition) is 4. The molecule has 6 nitrogen and oxygen atoms in total. The summed E-state index contributed by atoms with van der Waals surface area (Å²) in [5.74, 6) is 1.71. The van der Waals surface area contributed by atoms with Crippen molar-refractivity contribution in [1.29, 1.82) is 0 Å². The number of likely N-dealkylation sites (tertiary alicyclic amines) is 1. The summed E-state index contributed by atoms with van der Waals surface area (Å²) in [6.45, 7) is 1.57. The zero-order valence-electron chi connectivity index (χ0n) is 15.3. The van der Waals surface area contributed by atoms with Crippen LogP contribution in [-0.4, -0.2) is 38.6 Å². The van der Waals surface area contributed by atoms with Crippen LogP contribution in [0.2, 0.25) is 0 Å². The molecule has 0 atom stereocenters. The molecule has 0 bridgehead atoms. The van der Waals surface area contributed by atoms with Crippen LogP contribution in [0.5, 0.6) is 0 Å². The molecule has 1 aromatic carbocycles. The summed E-state index contributed by atoms with van der Waals surface area (Å²) < 4.78 is 2.08. The van der Waals surface area contributed by atoms with Crippen molar-refractivity contribution in [3.63, 3.8) is 0 Å². The van der Waals surface area contributed by atoms with E-state index in [4.69, 9.17) is 0 Å². The molecular formula is C20H23N5OS. The first kappa shape index (κ1) is 17.7. The first-order chi connectivity index (χ1) is 13.2. The monoisotopic (exact) mass is 381 g/mol. The number of thiazole rings is 1. The van der Waals surface area contributed by atoms with Crippen LogP contribution >= 0.6 is 11.3 Å². The number of anilines is 1. The van der Waals surface area contributed by atoms with Crippen LogP contribution in [0.25, 0.3) is 10.6 Å². The molecule has 0 spiro atoms. The van der Waals surface area contributed by atoms with Gasteiger partial charge >= 0.3 is 6.03 Å². The third-order valence-electron chi connectivity index (χ3n) is 5.09. The quantitative estimate of drug-likeness (QED) is 0.742. The van der Waals surface area contributed by atoms with E-state index in [1.807, 2.05) is 54.0 Å². The Kier molecular flexibility index (Phi) is 5.20. The van der Waals surface area contributed by atoms with Crippen LogP contribution in [0, 0.1) is 5.92 Å². The molecule has 3 aromatic rings. The lowest BCUT2D eigenvalue weighted by Crippen LogP contribution is -2.41. The fourth-order valence-electron chi connectivity index (χ4n) is 3.49. The lowest BCUT2D eigenvalue weighted by Gasteiger charge is -2.32. The molecule has 4 rings (SSSR count). The van der Waals surface area contributed by atoms with E-state index in [0.717, 1.165) is 54.4 Å². The number of imidazole rings is 1. The average Bonchev–Trinajstić information content (AvgIpc) is 3.35. The number of nitrogens with zero attached hydrogens (tertiary/aromatic N) is 4. The van der Waals surface area contributed by atoms with E-state index >= 15 is 0 Å². The Labute approximate surface area is 162 Å². The summed E-state index contributed by atoms with van der Waals surface area (Å²) in [5.41, 5.74) is 1.83. The molecule has 1 N–H and O–H groups in total. The van der Waals surface area contributed by atoms with Gasteiger partial charge in [0.2, 0.25) is 0 Å². The van der Waals surface area contributed by atoms with Gasteiger partial charge in [-0.05, 0) is 30.9 Å². The minimum absolute atomic E-state index is 0.0262. The maximum Gasteiger partial charge on any atom is 0.321 e. The lowest BCUT2D eigenvalue weighted by atomic mass is 9.93. The van der Waals surface area contributed by atoms with Crippen LogP contribution in [0.3, 0.4) is 0 Å². The molecule has 1 saturated heterocycles. The third-order valence-corrected chi connectivity index (χ3v) is 5.91. The molecule has 140 valence electrons. The average molecular weight is 382 g/mol. The molecule has 0 radical (unpaired) electrons. The van der Waals surface area contributed by atoms with Gasteiger partial charge in [-0.25, -0.2) is 14.8 Å². The number of aryl methyl sites for hydroxylation is 1. The number of amides is 2. The molecule has 1 aliphatic rings. The molecule has 2 aromatic heterocycles. The van der Waals surface area contributed by atoms with Gasteiger partial charge in [-0.15, -0.1) is 11.3 Å². The first-order valence-electron chi connectivity index (χ1n) is 9.21. The Morgan fingerprint density at radius 2 is 2.11 bits per heavy atom. The van der Waals surface area contributed by atoms with Crippen molar-refractivity contribution in [2.24, 2.45) is 13.0 Å². The number of aromatic nitrogens is 3. The SMILES string of the molecule is Cn1ccnc1CC1CCN(C(=O)Nc2cccc(-c3nccs3)c2)CC1. The third kappa shape index (κ3) is 4.19. The van der Waals surface area contributed by atoms with Crippen molar-refractivity contribution in [2.45, 2.75) is 19.3 Å². The van der Waals surface area contributed by atoms with E-state index in [9.17, 15) is 4.79 Å². The number of urea groups is 1. The van der Waals surface area contributed by atoms with E-state index in [1.165, 1.54) is 0 Å². The highest BCUT2D eigenvalue weighted by Crippen LogP contribution is 2.25. The van der Waals surface area contributed by atoms with E-state index in [2.05, 4.69) is 19.9 Å². The van der Waals surface area contributed by atoms with Crippen LogP contribution < -0.4 is 5.32 Å². The normalized spacial score (nSPS) is 15.1. The molecule has 0 aliphatic carbocycles. The number of carbonyl (C=O) groups is 1. The van der Waals surface area contributed by atoms with Crippen LogP contribution in [0.15, 0.2) is 48.2 Å². The number of carbonyl (C=O) groups excluding carboxylic acids is 1. The van der Waals surface area contributed by atoms with Gasteiger partial charge in [0.05, 0.1) is 0 Å². The highest BCUT2D eigenvalue weighted by Gasteiger charge is 2.24. The zero-order chi connectivity index (χ0) is 18.6. The van der Waals surface area contributed by atoms with Gasteiger partial charge in [-0.1, -0.05) is 12.1 Å². The van der Waals surface area contributed by atoms with Crippen molar-refractivity contribution in [3.8, 4) is 10.6 Å². The highest BCUT2D eigenvalue weighted by molar-refractivity contribution is 7.13. The fourth-order valence-corrected chi connectivity index (χ4v) is 4.13. The summed E-state index contributed by atoms with van der Waals surface area (Å²) in [6, 6.07) is 7.83. The smallest absolute Gasteiger partial charge is 0.321 e. The van der Waals surface area contributed by atoms with Gasteiger partial charge in [0.15, 0.2) is 0 Å². The summed E-state index contributed by atoms with van der Waals surface area (Å²) >= 11 is 1.59. The Balaban J connectivity index is 1.32. The minimum atomic E-state index is -0.0262. The Morgan fingerprint density at radius 3 is 2.81 bits per heavy atom. The second-order valence-corrected chi connectivity index (χ2v) is 7.83. The number of hydrogen-bond donors (Lipinski definition) is 1. The minimum Gasteiger partial charge on any atom is -0.338 e. The molecule has 27 heavy (non-hydrogen) atoms. The first-order valence-corrected chi connectivity index (χ1v) is 10.1. The predicted molar refractivity (Wildman–Crippen MR) is 108 cm³/mol.